The molecule has 0 saturated carbocycles. The number of nitrogens with zero attached hydrogens (tertiary/aromatic N) is 3. The predicted octanol–water partition coefficient (Wildman–Crippen LogP) is 2.11. The van der Waals surface area contributed by atoms with Crippen molar-refractivity contribution in [2.45, 2.75) is 19.4 Å². The lowest BCUT2D eigenvalue weighted by atomic mass is 10.1. The van der Waals surface area contributed by atoms with Crippen LogP contribution in [0.3, 0.4) is 0 Å². The molecule has 3 heterocycles. The fraction of sp³-hybridized carbons (Fsp3) is 0.176. The topological polar surface area (TPSA) is 76.9 Å². The number of halogens is 1. The first-order valence-electron chi connectivity index (χ1n) is 7.58. The molecule has 1 amide bonds. The molecule has 1 aliphatic rings. The Morgan fingerprint density at radius 3 is 2.92 bits per heavy atom. The summed E-state index contributed by atoms with van der Waals surface area (Å²) < 4.78 is 14.9. The summed E-state index contributed by atoms with van der Waals surface area (Å²) in [6, 6.07) is 6.62. The molecule has 24 heavy (non-hydrogen) atoms. The van der Waals surface area contributed by atoms with Crippen LogP contribution in [-0.4, -0.2) is 20.4 Å². The Hall–Kier alpha value is -3.09. The maximum atomic E-state index is 13.5. The van der Waals surface area contributed by atoms with Gasteiger partial charge >= 0.3 is 0 Å². The van der Waals surface area contributed by atoms with Crippen molar-refractivity contribution in [2.24, 2.45) is 0 Å². The lowest BCUT2D eigenvalue weighted by Gasteiger charge is -2.17. The molecule has 0 radical (unpaired) electrons. The summed E-state index contributed by atoms with van der Waals surface area (Å²) in [5.41, 5.74) is 0.197. The number of hydrogen-bond acceptors (Lipinski definition) is 4. The molecule has 120 valence electrons. The normalized spacial score (nSPS) is 16.2. The highest BCUT2D eigenvalue weighted by Crippen LogP contribution is 2.25. The van der Waals surface area contributed by atoms with Crippen LogP contribution in [0.25, 0.3) is 16.7 Å². The van der Waals surface area contributed by atoms with Crippen molar-refractivity contribution in [2.75, 3.05) is 0 Å². The van der Waals surface area contributed by atoms with Crippen molar-refractivity contribution < 1.29 is 9.18 Å². The van der Waals surface area contributed by atoms with Gasteiger partial charge in [0.05, 0.1) is 22.5 Å². The van der Waals surface area contributed by atoms with Gasteiger partial charge in [-0.25, -0.2) is 18.9 Å². The minimum absolute atomic E-state index is 0.240. The van der Waals surface area contributed by atoms with E-state index in [0.29, 0.717) is 17.8 Å². The van der Waals surface area contributed by atoms with E-state index in [9.17, 15) is 14.0 Å². The van der Waals surface area contributed by atoms with Gasteiger partial charge in [-0.15, -0.1) is 0 Å². The van der Waals surface area contributed by atoms with Gasteiger partial charge in [0.25, 0.3) is 11.5 Å². The van der Waals surface area contributed by atoms with Crippen molar-refractivity contribution in [3.05, 3.63) is 64.1 Å². The molecule has 0 spiro atoms. The molecule has 1 N–H and O–H groups in total. The summed E-state index contributed by atoms with van der Waals surface area (Å²) in [6.45, 7) is 1.88. The van der Waals surface area contributed by atoms with Crippen LogP contribution in [0, 0.1) is 5.82 Å². The van der Waals surface area contributed by atoms with Crippen molar-refractivity contribution in [3.63, 3.8) is 0 Å². The number of rotatable bonds is 1. The number of aromatic nitrogens is 3. The van der Waals surface area contributed by atoms with Crippen LogP contribution in [-0.2, 0) is 0 Å². The Morgan fingerprint density at radius 1 is 1.29 bits per heavy atom. The summed E-state index contributed by atoms with van der Waals surface area (Å²) in [4.78, 5) is 34.1. The van der Waals surface area contributed by atoms with E-state index in [2.05, 4.69) is 15.3 Å². The van der Waals surface area contributed by atoms with Gasteiger partial charge in [-0.2, -0.15) is 0 Å². The molecule has 3 aromatic rings. The maximum Gasteiger partial charge on any atom is 0.267 e. The molecule has 7 heteroatoms. The highest BCUT2D eigenvalue weighted by Gasteiger charge is 2.29. The maximum absolute atomic E-state index is 13.5. The monoisotopic (exact) mass is 324 g/mol. The smallest absolute Gasteiger partial charge is 0.267 e. The Kier molecular flexibility index (Phi) is 3.16. The second-order valence-electron chi connectivity index (χ2n) is 5.58. The first kappa shape index (κ1) is 14.5. The second kappa shape index (κ2) is 5.23. The van der Waals surface area contributed by atoms with E-state index in [1.165, 1.54) is 29.0 Å². The molecule has 1 aromatic carbocycles. The number of carbonyl (C=O) groups is 1. The van der Waals surface area contributed by atoms with E-state index < -0.39 is 11.9 Å². The van der Waals surface area contributed by atoms with Crippen LogP contribution in [0.5, 0.6) is 0 Å². The summed E-state index contributed by atoms with van der Waals surface area (Å²) in [5, 5.41) is 3.13. The van der Waals surface area contributed by atoms with Crippen molar-refractivity contribution in [1.29, 1.82) is 0 Å². The average molecular weight is 324 g/mol. The zero-order valence-electron chi connectivity index (χ0n) is 12.8. The molecule has 4 rings (SSSR count). The van der Waals surface area contributed by atoms with Crippen LogP contribution in [0.1, 0.15) is 35.6 Å². The number of hydrogen-bond donors (Lipinski definition) is 1. The van der Waals surface area contributed by atoms with Crippen LogP contribution in [0.2, 0.25) is 0 Å². The summed E-state index contributed by atoms with van der Waals surface area (Å²) in [7, 11) is 0. The van der Waals surface area contributed by atoms with Gasteiger partial charge in [0.2, 0.25) is 0 Å². The number of benzene rings is 1. The van der Waals surface area contributed by atoms with Crippen molar-refractivity contribution >= 4 is 16.8 Å². The molecule has 0 fully saturated rings. The number of pyridine rings is 1. The Morgan fingerprint density at radius 2 is 2.12 bits per heavy atom. The minimum atomic E-state index is -0.469. The lowest BCUT2D eigenvalue weighted by molar-refractivity contribution is 0.0937. The molecule has 1 aliphatic heterocycles. The zero-order valence-corrected chi connectivity index (χ0v) is 12.8. The highest BCUT2D eigenvalue weighted by atomic mass is 19.1. The van der Waals surface area contributed by atoms with Gasteiger partial charge in [0, 0.05) is 12.3 Å². The molecular formula is C17H13FN4O2. The Balaban J connectivity index is 2.17. The third kappa shape index (κ3) is 2.01. The van der Waals surface area contributed by atoms with E-state index in [1.807, 2.05) is 6.92 Å². The standard InChI is InChI=1S/C17H13FN4O2/c1-2-12-15-20-13-8-9(18)5-6-10(13)17(24)22(15)14-11(16(23)21-12)4-3-7-19-14/h3-8,12H,2H2,1H3,(H,21,23). The minimum Gasteiger partial charge on any atom is -0.342 e. The second-order valence-corrected chi connectivity index (χ2v) is 5.58. The zero-order chi connectivity index (χ0) is 16.8. The highest BCUT2D eigenvalue weighted by molar-refractivity contribution is 5.98. The first-order valence-corrected chi connectivity index (χ1v) is 7.58. The SMILES string of the molecule is CCC1NC(=O)c2cccnc2-n2c1nc1cc(F)ccc1c2=O. The molecular weight excluding hydrogens is 311 g/mol. The summed E-state index contributed by atoms with van der Waals surface area (Å²) in [5.74, 6) is -0.190. The summed E-state index contributed by atoms with van der Waals surface area (Å²) in [6.07, 6.45) is 2.05. The molecule has 1 atom stereocenters. The molecule has 0 aliphatic carbocycles. The van der Waals surface area contributed by atoms with Crippen molar-refractivity contribution in [3.8, 4) is 5.82 Å². The molecule has 0 bridgehead atoms. The Bertz CT molecular complexity index is 1040. The summed E-state index contributed by atoms with van der Waals surface area (Å²) >= 11 is 0. The number of fused-ring (bicyclic) bond motifs is 4. The van der Waals surface area contributed by atoms with E-state index in [0.717, 1.165) is 0 Å². The lowest BCUT2D eigenvalue weighted by Crippen LogP contribution is -2.30. The quantitative estimate of drug-likeness (QED) is 0.744. The fourth-order valence-corrected chi connectivity index (χ4v) is 2.95. The van der Waals surface area contributed by atoms with Crippen LogP contribution in [0.4, 0.5) is 4.39 Å². The van der Waals surface area contributed by atoms with Gasteiger partial charge < -0.3 is 5.32 Å². The molecule has 6 nitrogen and oxygen atoms in total. The van der Waals surface area contributed by atoms with E-state index in [4.69, 9.17) is 0 Å². The van der Waals surface area contributed by atoms with Crippen LogP contribution in [0.15, 0.2) is 41.3 Å². The van der Waals surface area contributed by atoms with Gasteiger partial charge in [0.1, 0.15) is 11.6 Å². The number of nitrogens with one attached hydrogen (secondary N) is 1. The van der Waals surface area contributed by atoms with Gasteiger partial charge in [0.15, 0.2) is 5.82 Å². The van der Waals surface area contributed by atoms with E-state index >= 15 is 0 Å². The number of amides is 1. The van der Waals surface area contributed by atoms with E-state index in [1.54, 1.807) is 12.1 Å². The van der Waals surface area contributed by atoms with E-state index in [-0.39, 0.29) is 28.2 Å². The first-order chi connectivity index (χ1) is 11.6. The van der Waals surface area contributed by atoms with Gasteiger partial charge in [-0.05, 0) is 30.7 Å². The third-order valence-corrected chi connectivity index (χ3v) is 4.13. The van der Waals surface area contributed by atoms with Gasteiger partial charge in [-0.1, -0.05) is 6.92 Å². The molecule has 1 unspecified atom stereocenters. The van der Waals surface area contributed by atoms with Gasteiger partial charge in [-0.3, -0.25) is 9.59 Å². The van der Waals surface area contributed by atoms with Crippen LogP contribution < -0.4 is 10.9 Å². The largest absolute Gasteiger partial charge is 0.342 e. The molecule has 2 aromatic heterocycles. The van der Waals surface area contributed by atoms with Crippen molar-refractivity contribution in [1.82, 2.24) is 19.9 Å². The predicted molar refractivity (Wildman–Crippen MR) is 85.6 cm³/mol. The fourth-order valence-electron chi connectivity index (χ4n) is 2.95. The number of carbonyl (C=O) groups excluding carboxylic acids is 1. The average Bonchev–Trinajstić information content (AvgIpc) is 2.70. The third-order valence-electron chi connectivity index (χ3n) is 4.13. The van der Waals surface area contributed by atoms with Crippen LogP contribution >= 0.6 is 0 Å². The Labute approximate surface area is 136 Å². The molecule has 0 saturated heterocycles.